The predicted octanol–water partition coefficient (Wildman–Crippen LogP) is 2.09. The lowest BCUT2D eigenvalue weighted by Crippen LogP contribution is -2.40. The molecule has 1 aromatic carbocycles. The first-order valence-corrected chi connectivity index (χ1v) is 9.98. The van der Waals surface area contributed by atoms with Crippen LogP contribution >= 0.6 is 0 Å². The van der Waals surface area contributed by atoms with Gasteiger partial charge in [0.15, 0.2) is 0 Å². The quantitative estimate of drug-likeness (QED) is 0.838. The van der Waals surface area contributed by atoms with Crippen molar-refractivity contribution in [2.24, 2.45) is 0 Å². The second-order valence-electron chi connectivity index (χ2n) is 6.69. The Morgan fingerprint density at radius 3 is 2.48 bits per heavy atom. The van der Waals surface area contributed by atoms with Gasteiger partial charge < -0.3 is 5.11 Å². The molecule has 1 fully saturated rings. The highest BCUT2D eigenvalue weighted by molar-refractivity contribution is 7.86. The van der Waals surface area contributed by atoms with Gasteiger partial charge >= 0.3 is 5.97 Å². The number of hydrogen-bond acceptors (Lipinski definition) is 5. The molecule has 0 aliphatic carbocycles. The van der Waals surface area contributed by atoms with Gasteiger partial charge in [-0.1, -0.05) is 12.1 Å². The average Bonchev–Trinajstić information content (AvgIpc) is 3.11. The Hall–Kier alpha value is -2.36. The maximum absolute atomic E-state index is 12.6. The van der Waals surface area contributed by atoms with Gasteiger partial charge in [0.1, 0.15) is 5.82 Å². The normalized spacial score (nSPS) is 18.1. The summed E-state index contributed by atoms with van der Waals surface area (Å²) in [5.41, 5.74) is 2.32. The highest BCUT2D eigenvalue weighted by Crippen LogP contribution is 2.34. The summed E-state index contributed by atoms with van der Waals surface area (Å²) in [5.74, 6) is -0.521. The summed E-state index contributed by atoms with van der Waals surface area (Å²) < 4.78 is 27.8. The van der Waals surface area contributed by atoms with Crippen LogP contribution in [0.2, 0.25) is 0 Å². The van der Waals surface area contributed by atoms with Crippen molar-refractivity contribution >= 4 is 16.2 Å². The van der Waals surface area contributed by atoms with Crippen LogP contribution in [0.15, 0.2) is 30.3 Å². The summed E-state index contributed by atoms with van der Waals surface area (Å²) in [4.78, 5) is 20.1. The van der Waals surface area contributed by atoms with Crippen LogP contribution < -0.4 is 0 Å². The van der Waals surface area contributed by atoms with Gasteiger partial charge in [-0.05, 0) is 38.0 Å². The van der Waals surface area contributed by atoms with Crippen molar-refractivity contribution in [3.05, 3.63) is 47.4 Å². The highest BCUT2D eigenvalue weighted by atomic mass is 32.2. The standard InChI is InChI=1S/C18H22N4O4S/c1-12-11-15(13-6-8-14(9-7-13)18(23)24)20-17(19-12)16-5-4-10-22(16)27(25,26)21(2)3/h6-9,11,16H,4-5,10H2,1-3H3,(H,23,24)/t16-/m0/s1. The molecule has 8 nitrogen and oxygen atoms in total. The molecule has 1 aliphatic heterocycles. The molecule has 2 aromatic rings. The number of nitrogens with zero attached hydrogens (tertiary/aromatic N) is 4. The van der Waals surface area contributed by atoms with Crippen molar-refractivity contribution in [1.29, 1.82) is 0 Å². The van der Waals surface area contributed by atoms with Gasteiger partial charge in [-0.2, -0.15) is 17.0 Å². The van der Waals surface area contributed by atoms with E-state index < -0.39 is 22.2 Å². The number of rotatable bonds is 5. The highest BCUT2D eigenvalue weighted by Gasteiger charge is 2.38. The molecule has 1 aromatic heterocycles. The topological polar surface area (TPSA) is 104 Å². The van der Waals surface area contributed by atoms with E-state index in [0.29, 0.717) is 24.5 Å². The minimum absolute atomic E-state index is 0.198. The second-order valence-corrected chi connectivity index (χ2v) is 8.79. The lowest BCUT2D eigenvalue weighted by molar-refractivity contribution is 0.0697. The van der Waals surface area contributed by atoms with E-state index in [-0.39, 0.29) is 5.56 Å². The molecule has 1 aliphatic rings. The van der Waals surface area contributed by atoms with Crippen LogP contribution in [0, 0.1) is 6.92 Å². The molecule has 0 amide bonds. The van der Waals surface area contributed by atoms with Crippen LogP contribution in [-0.4, -0.2) is 58.7 Å². The number of benzene rings is 1. The smallest absolute Gasteiger partial charge is 0.335 e. The van der Waals surface area contributed by atoms with E-state index in [1.165, 1.54) is 34.8 Å². The zero-order chi connectivity index (χ0) is 19.8. The Morgan fingerprint density at radius 2 is 1.89 bits per heavy atom. The van der Waals surface area contributed by atoms with Crippen LogP contribution in [0.5, 0.6) is 0 Å². The van der Waals surface area contributed by atoms with E-state index in [0.717, 1.165) is 17.7 Å². The lowest BCUT2D eigenvalue weighted by atomic mass is 10.1. The molecule has 0 radical (unpaired) electrons. The maximum Gasteiger partial charge on any atom is 0.335 e. The van der Waals surface area contributed by atoms with E-state index in [1.54, 1.807) is 18.2 Å². The zero-order valence-electron chi connectivity index (χ0n) is 15.5. The summed E-state index contributed by atoms with van der Waals surface area (Å²) in [5, 5.41) is 9.04. The average molecular weight is 390 g/mol. The molecule has 1 atom stereocenters. The number of hydrogen-bond donors (Lipinski definition) is 1. The molecule has 3 rings (SSSR count). The first-order valence-electron chi connectivity index (χ1n) is 8.59. The van der Waals surface area contributed by atoms with E-state index in [9.17, 15) is 13.2 Å². The first kappa shape index (κ1) is 19.4. The van der Waals surface area contributed by atoms with Crippen LogP contribution in [0.4, 0.5) is 0 Å². The van der Waals surface area contributed by atoms with Gasteiger partial charge in [0.25, 0.3) is 10.2 Å². The van der Waals surface area contributed by atoms with Gasteiger partial charge in [0, 0.05) is 31.9 Å². The van der Waals surface area contributed by atoms with Crippen LogP contribution in [0.1, 0.15) is 40.8 Å². The van der Waals surface area contributed by atoms with Gasteiger partial charge in [-0.25, -0.2) is 14.8 Å². The third-order valence-corrected chi connectivity index (χ3v) is 6.51. The fourth-order valence-corrected chi connectivity index (χ4v) is 4.46. The van der Waals surface area contributed by atoms with E-state index >= 15 is 0 Å². The molecule has 0 unspecified atom stereocenters. The van der Waals surface area contributed by atoms with Crippen molar-refractivity contribution in [3.63, 3.8) is 0 Å². The molecule has 27 heavy (non-hydrogen) atoms. The number of aromatic carboxylic acids is 1. The molecule has 0 spiro atoms. The molecule has 0 saturated carbocycles. The Bertz CT molecular complexity index is 958. The minimum atomic E-state index is -3.56. The molecular formula is C18H22N4O4S. The van der Waals surface area contributed by atoms with Crippen molar-refractivity contribution < 1.29 is 18.3 Å². The third-order valence-electron chi connectivity index (χ3n) is 4.56. The molecule has 0 bridgehead atoms. The van der Waals surface area contributed by atoms with Crippen LogP contribution in [0.25, 0.3) is 11.3 Å². The van der Waals surface area contributed by atoms with Crippen molar-refractivity contribution in [2.75, 3.05) is 20.6 Å². The number of aromatic nitrogens is 2. The largest absolute Gasteiger partial charge is 0.478 e. The molecule has 1 saturated heterocycles. The van der Waals surface area contributed by atoms with E-state index in [2.05, 4.69) is 9.97 Å². The van der Waals surface area contributed by atoms with E-state index in [1.807, 2.05) is 6.92 Å². The zero-order valence-corrected chi connectivity index (χ0v) is 16.3. The maximum atomic E-state index is 12.6. The summed E-state index contributed by atoms with van der Waals surface area (Å²) in [6, 6.07) is 7.82. The number of aryl methyl sites for hydroxylation is 1. The molecule has 9 heteroatoms. The molecule has 1 N–H and O–H groups in total. The summed E-state index contributed by atoms with van der Waals surface area (Å²) in [6.45, 7) is 2.27. The number of carboxylic acids is 1. The predicted molar refractivity (Wildman–Crippen MR) is 100 cm³/mol. The van der Waals surface area contributed by atoms with Crippen molar-refractivity contribution in [3.8, 4) is 11.3 Å². The summed E-state index contributed by atoms with van der Waals surface area (Å²) >= 11 is 0. The minimum Gasteiger partial charge on any atom is -0.478 e. The molecule has 2 heterocycles. The molecular weight excluding hydrogens is 368 g/mol. The first-order chi connectivity index (χ1) is 12.7. The van der Waals surface area contributed by atoms with Crippen molar-refractivity contribution in [2.45, 2.75) is 25.8 Å². The summed E-state index contributed by atoms with van der Waals surface area (Å²) in [7, 11) is -0.536. The Morgan fingerprint density at radius 1 is 1.22 bits per heavy atom. The van der Waals surface area contributed by atoms with Gasteiger partial charge in [0.2, 0.25) is 0 Å². The Kier molecular flexibility index (Phi) is 5.27. The SMILES string of the molecule is Cc1cc(-c2ccc(C(=O)O)cc2)nc([C@@H]2CCCN2S(=O)(=O)N(C)C)n1. The van der Waals surface area contributed by atoms with Crippen LogP contribution in [0.3, 0.4) is 0 Å². The van der Waals surface area contributed by atoms with Crippen molar-refractivity contribution in [1.82, 2.24) is 18.6 Å². The van der Waals surface area contributed by atoms with Gasteiger partial charge in [0.05, 0.1) is 17.3 Å². The second kappa shape index (κ2) is 7.34. The summed E-state index contributed by atoms with van der Waals surface area (Å²) in [6.07, 6.45) is 1.41. The van der Waals surface area contributed by atoms with E-state index in [4.69, 9.17) is 5.11 Å². The number of carbonyl (C=O) groups is 1. The lowest BCUT2D eigenvalue weighted by Gasteiger charge is -2.26. The number of carboxylic acid groups (broad SMARTS) is 1. The van der Waals surface area contributed by atoms with Gasteiger partial charge in [-0.3, -0.25) is 0 Å². The fraction of sp³-hybridized carbons (Fsp3) is 0.389. The van der Waals surface area contributed by atoms with Gasteiger partial charge in [-0.15, -0.1) is 0 Å². The van der Waals surface area contributed by atoms with Crippen LogP contribution in [-0.2, 0) is 10.2 Å². The Labute approximate surface area is 158 Å². The fourth-order valence-electron chi connectivity index (χ4n) is 3.16. The third kappa shape index (κ3) is 3.85. The molecule has 144 valence electrons. The Balaban J connectivity index is 1.99. The monoisotopic (exact) mass is 390 g/mol.